The van der Waals surface area contributed by atoms with E-state index in [9.17, 15) is 19.1 Å². The average Bonchev–Trinajstić information content (AvgIpc) is 3.11. The summed E-state index contributed by atoms with van der Waals surface area (Å²) in [6.45, 7) is 8.42. The van der Waals surface area contributed by atoms with Crippen LogP contribution < -0.4 is 9.64 Å². The van der Waals surface area contributed by atoms with Gasteiger partial charge in [-0.15, -0.1) is 0 Å². The molecule has 3 aliphatic rings. The molecule has 1 aromatic carbocycles. The quantitative estimate of drug-likeness (QED) is 0.610. The van der Waals surface area contributed by atoms with Crippen LogP contribution in [-0.4, -0.2) is 89.3 Å². The number of pyridine rings is 1. The number of halogens is 2. The minimum atomic E-state index is -1.04. The van der Waals surface area contributed by atoms with Crippen LogP contribution in [0.3, 0.4) is 0 Å². The number of aromatic hydroxyl groups is 1. The molecule has 2 atom stereocenters. The molecule has 4 heterocycles. The molecular formula is C27H30F2N4O5. The fraction of sp³-hybridized carbons (Fsp3) is 0.444. The highest BCUT2D eigenvalue weighted by atomic mass is 19.1. The van der Waals surface area contributed by atoms with Crippen molar-refractivity contribution in [3.8, 4) is 22.8 Å². The molecule has 0 saturated carbocycles. The SMILES string of the molecule is C=CC(=O)N1CCN2C(=O)c3c(N4CC[C@@H](OC)C4(C)C)nc(-c4c(O)cccc4F)c(F)c3OC[C@H]2C1. The first-order chi connectivity index (χ1) is 18.1. The Morgan fingerprint density at radius 2 is 2.03 bits per heavy atom. The van der Waals surface area contributed by atoms with E-state index in [0.29, 0.717) is 13.0 Å². The number of benzene rings is 1. The van der Waals surface area contributed by atoms with Crippen molar-refractivity contribution in [3.63, 3.8) is 0 Å². The third-order valence-electron chi connectivity index (χ3n) is 7.81. The first-order valence-corrected chi connectivity index (χ1v) is 12.5. The second-order valence-electron chi connectivity index (χ2n) is 10.2. The highest BCUT2D eigenvalue weighted by Crippen LogP contribution is 2.45. The Morgan fingerprint density at radius 1 is 1.26 bits per heavy atom. The van der Waals surface area contributed by atoms with Gasteiger partial charge in [0.1, 0.15) is 35.2 Å². The Kier molecular flexibility index (Phi) is 6.50. The van der Waals surface area contributed by atoms with E-state index in [1.165, 1.54) is 18.2 Å². The van der Waals surface area contributed by atoms with Crippen LogP contribution in [0.4, 0.5) is 14.6 Å². The predicted molar refractivity (Wildman–Crippen MR) is 135 cm³/mol. The maximum atomic E-state index is 16.1. The van der Waals surface area contributed by atoms with E-state index in [2.05, 4.69) is 11.6 Å². The van der Waals surface area contributed by atoms with E-state index in [4.69, 9.17) is 9.47 Å². The van der Waals surface area contributed by atoms with Gasteiger partial charge in [0.25, 0.3) is 5.91 Å². The molecule has 202 valence electrons. The fourth-order valence-electron chi connectivity index (χ4n) is 5.73. The van der Waals surface area contributed by atoms with E-state index in [0.717, 1.165) is 6.07 Å². The Hall–Kier alpha value is -3.73. The Bertz CT molecular complexity index is 1300. The number of rotatable bonds is 4. The molecule has 5 rings (SSSR count). The number of fused-ring (bicyclic) bond motifs is 2. The lowest BCUT2D eigenvalue weighted by molar-refractivity contribution is -0.128. The number of phenols is 1. The molecule has 0 radical (unpaired) electrons. The van der Waals surface area contributed by atoms with Crippen LogP contribution in [0.15, 0.2) is 30.9 Å². The predicted octanol–water partition coefficient (Wildman–Crippen LogP) is 2.97. The van der Waals surface area contributed by atoms with Gasteiger partial charge in [-0.1, -0.05) is 12.6 Å². The van der Waals surface area contributed by atoms with Crippen LogP contribution >= 0.6 is 0 Å². The van der Waals surface area contributed by atoms with E-state index in [1.54, 1.807) is 16.9 Å². The minimum absolute atomic E-state index is 0.0714. The summed E-state index contributed by atoms with van der Waals surface area (Å²) in [6.07, 6.45) is 1.62. The number of anilines is 1. The second kappa shape index (κ2) is 9.54. The average molecular weight is 529 g/mol. The zero-order valence-electron chi connectivity index (χ0n) is 21.5. The molecular weight excluding hydrogens is 498 g/mol. The normalized spacial score (nSPS) is 22.4. The van der Waals surface area contributed by atoms with Crippen LogP contribution in [0.2, 0.25) is 0 Å². The van der Waals surface area contributed by atoms with Gasteiger partial charge in [0, 0.05) is 33.3 Å². The number of amides is 2. The maximum absolute atomic E-state index is 16.1. The number of methoxy groups -OCH3 is 1. The van der Waals surface area contributed by atoms with Gasteiger partial charge in [-0.2, -0.15) is 0 Å². The Balaban J connectivity index is 1.70. The number of hydrogen-bond donors (Lipinski definition) is 1. The minimum Gasteiger partial charge on any atom is -0.507 e. The number of carbonyl (C=O) groups is 2. The van der Waals surface area contributed by atoms with Gasteiger partial charge in [0.15, 0.2) is 11.6 Å². The molecule has 0 spiro atoms. The molecule has 11 heteroatoms. The van der Waals surface area contributed by atoms with Gasteiger partial charge in [-0.05, 0) is 38.5 Å². The van der Waals surface area contributed by atoms with Crippen LogP contribution in [0, 0.1) is 11.6 Å². The Morgan fingerprint density at radius 3 is 2.68 bits per heavy atom. The third-order valence-corrected chi connectivity index (χ3v) is 7.81. The van der Waals surface area contributed by atoms with Crippen LogP contribution in [-0.2, 0) is 9.53 Å². The smallest absolute Gasteiger partial charge is 0.262 e. The van der Waals surface area contributed by atoms with Crippen molar-refractivity contribution in [1.82, 2.24) is 14.8 Å². The largest absolute Gasteiger partial charge is 0.507 e. The van der Waals surface area contributed by atoms with E-state index < -0.39 is 46.1 Å². The molecule has 0 unspecified atom stereocenters. The van der Waals surface area contributed by atoms with Crippen molar-refractivity contribution in [2.24, 2.45) is 0 Å². The van der Waals surface area contributed by atoms with Crippen LogP contribution in [0.5, 0.6) is 11.5 Å². The molecule has 2 amide bonds. The molecule has 3 aliphatic heterocycles. The number of aromatic nitrogens is 1. The van der Waals surface area contributed by atoms with Gasteiger partial charge < -0.3 is 29.3 Å². The third kappa shape index (κ3) is 3.96. The van der Waals surface area contributed by atoms with E-state index >= 15 is 4.39 Å². The van der Waals surface area contributed by atoms with Crippen molar-refractivity contribution in [3.05, 3.63) is 48.1 Å². The molecule has 1 N–H and O–H groups in total. The van der Waals surface area contributed by atoms with Crippen LogP contribution in [0.25, 0.3) is 11.3 Å². The highest BCUT2D eigenvalue weighted by Gasteiger charge is 2.47. The first-order valence-electron chi connectivity index (χ1n) is 12.5. The van der Waals surface area contributed by atoms with Gasteiger partial charge in [0.05, 0.1) is 23.2 Å². The number of piperazine rings is 1. The zero-order chi connectivity index (χ0) is 27.4. The molecule has 0 bridgehead atoms. The molecule has 2 fully saturated rings. The summed E-state index contributed by atoms with van der Waals surface area (Å²) in [4.78, 5) is 35.7. The maximum Gasteiger partial charge on any atom is 0.262 e. The standard InChI is InChI=1S/C27H30F2N4O5/c1-5-19(35)31-11-12-32-15(13-31)14-38-24-21(26(32)36)25(33-10-9-18(37-4)27(33,2)3)30-23(22(24)29)20-16(28)7-6-8-17(20)34/h5-8,15,18,34H,1,9-14H2,2-4H3/t15-,18-/m1/s1. The zero-order valence-corrected chi connectivity index (χ0v) is 21.5. The van der Waals surface area contributed by atoms with Crippen molar-refractivity contribution >= 4 is 17.6 Å². The van der Waals surface area contributed by atoms with Crippen molar-refractivity contribution in [1.29, 1.82) is 0 Å². The highest BCUT2D eigenvalue weighted by molar-refractivity contribution is 6.03. The number of phenolic OH excluding ortho intramolecular Hbond substituents is 1. The molecule has 2 aromatic rings. The van der Waals surface area contributed by atoms with Gasteiger partial charge >= 0.3 is 0 Å². The van der Waals surface area contributed by atoms with Crippen molar-refractivity contribution in [2.75, 3.05) is 44.8 Å². The summed E-state index contributed by atoms with van der Waals surface area (Å²) in [6, 6.07) is 3.10. The van der Waals surface area contributed by atoms with E-state index in [1.807, 2.05) is 18.7 Å². The summed E-state index contributed by atoms with van der Waals surface area (Å²) < 4.78 is 42.7. The number of carbonyl (C=O) groups excluding carboxylic acids is 2. The lowest BCUT2D eigenvalue weighted by Gasteiger charge is -2.40. The lowest BCUT2D eigenvalue weighted by atomic mass is 9.97. The monoisotopic (exact) mass is 528 g/mol. The summed E-state index contributed by atoms with van der Waals surface area (Å²) >= 11 is 0. The van der Waals surface area contributed by atoms with Crippen molar-refractivity contribution < 1.29 is 33.0 Å². The molecule has 0 aliphatic carbocycles. The second-order valence-corrected chi connectivity index (χ2v) is 10.2. The molecule has 1 aromatic heterocycles. The van der Waals surface area contributed by atoms with Gasteiger partial charge in [0.2, 0.25) is 5.91 Å². The van der Waals surface area contributed by atoms with Crippen LogP contribution in [0.1, 0.15) is 30.6 Å². The Labute approximate surface area is 219 Å². The first kappa shape index (κ1) is 25.9. The number of nitrogens with zero attached hydrogens (tertiary/aromatic N) is 4. The molecule has 2 saturated heterocycles. The topological polar surface area (TPSA) is 95.4 Å². The lowest BCUT2D eigenvalue weighted by Crippen LogP contribution is -2.57. The summed E-state index contributed by atoms with van der Waals surface area (Å²) in [5.41, 5.74) is -1.60. The summed E-state index contributed by atoms with van der Waals surface area (Å²) in [5, 5.41) is 10.5. The summed E-state index contributed by atoms with van der Waals surface area (Å²) in [5.74, 6) is -3.40. The van der Waals surface area contributed by atoms with E-state index in [-0.39, 0.29) is 55.4 Å². The molecule has 38 heavy (non-hydrogen) atoms. The number of ether oxygens (including phenoxy) is 2. The van der Waals surface area contributed by atoms with Gasteiger partial charge in [-0.3, -0.25) is 9.59 Å². The summed E-state index contributed by atoms with van der Waals surface area (Å²) in [7, 11) is 1.60. The molecule has 9 nitrogen and oxygen atoms in total. The van der Waals surface area contributed by atoms with Crippen molar-refractivity contribution in [2.45, 2.75) is 38.0 Å². The fourth-order valence-corrected chi connectivity index (χ4v) is 5.73. The number of hydrogen-bond acceptors (Lipinski definition) is 7. The van der Waals surface area contributed by atoms with Gasteiger partial charge in [-0.25, -0.2) is 13.8 Å².